The third-order valence-corrected chi connectivity index (χ3v) is 8.99. The lowest BCUT2D eigenvalue weighted by atomic mass is 9.63. The lowest BCUT2D eigenvalue weighted by Gasteiger charge is -2.39. The molecule has 0 fully saturated rings. The van der Waals surface area contributed by atoms with Crippen LogP contribution < -0.4 is 0 Å². The number of rotatable bonds is 5. The van der Waals surface area contributed by atoms with Crippen molar-refractivity contribution in [1.29, 1.82) is 0 Å². The molecule has 1 N–H and O–H groups in total. The van der Waals surface area contributed by atoms with Crippen LogP contribution >= 0.6 is 0 Å². The maximum atomic E-state index is 13.7. The number of aliphatic carboxylic acids is 1. The highest BCUT2D eigenvalue weighted by Gasteiger charge is 2.47. The van der Waals surface area contributed by atoms with Crippen LogP contribution in [0.1, 0.15) is 168 Å². The highest BCUT2D eigenvalue weighted by Crippen LogP contribution is 2.50. The molecule has 0 bridgehead atoms. The molecule has 0 amide bonds. The van der Waals surface area contributed by atoms with Crippen LogP contribution in [0.3, 0.4) is 0 Å². The van der Waals surface area contributed by atoms with Crippen LogP contribution in [0.4, 0.5) is 0 Å². The first-order chi connectivity index (χ1) is 19.5. The van der Waals surface area contributed by atoms with Crippen molar-refractivity contribution >= 4 is 11.9 Å². The number of esters is 1. The van der Waals surface area contributed by atoms with Crippen molar-refractivity contribution in [3.05, 3.63) is 34.9 Å². The molecule has 0 saturated carbocycles. The quantitative estimate of drug-likeness (QED) is 0.270. The van der Waals surface area contributed by atoms with E-state index in [9.17, 15) is 14.7 Å². The first-order valence-electron chi connectivity index (χ1n) is 17.0. The summed E-state index contributed by atoms with van der Waals surface area (Å²) in [4.78, 5) is 23.5. The van der Waals surface area contributed by atoms with Crippen molar-refractivity contribution in [1.82, 2.24) is 0 Å². The van der Waals surface area contributed by atoms with Gasteiger partial charge in [-0.1, -0.05) is 95.3 Å². The van der Waals surface area contributed by atoms with Crippen LogP contribution in [0, 0.1) is 5.41 Å². The Bertz CT molecular complexity index is 735. The Balaban J connectivity index is 0.000000840. The molecule has 3 aliphatic carbocycles. The first kappa shape index (κ1) is 34.4. The van der Waals surface area contributed by atoms with Crippen LogP contribution in [0.2, 0.25) is 0 Å². The van der Waals surface area contributed by atoms with Crippen molar-refractivity contribution in [3.8, 4) is 0 Å². The minimum atomic E-state index is -0.877. The van der Waals surface area contributed by atoms with Gasteiger partial charge in [0.15, 0.2) is 0 Å². The van der Waals surface area contributed by atoms with Gasteiger partial charge in [-0.15, -0.1) is 0 Å². The maximum Gasteiger partial charge on any atom is 0.322 e. The summed E-state index contributed by atoms with van der Waals surface area (Å²) in [5.74, 6) is -0.792. The zero-order valence-corrected chi connectivity index (χ0v) is 26.1. The molecule has 4 heteroatoms. The van der Waals surface area contributed by atoms with Gasteiger partial charge < -0.3 is 9.84 Å². The average molecular weight is 557 g/mol. The van der Waals surface area contributed by atoms with Crippen LogP contribution in [-0.4, -0.2) is 23.7 Å². The van der Waals surface area contributed by atoms with Gasteiger partial charge in [-0.2, -0.15) is 0 Å². The van der Waals surface area contributed by atoms with Gasteiger partial charge >= 0.3 is 11.9 Å². The number of hydrogen-bond donors (Lipinski definition) is 1. The van der Waals surface area contributed by atoms with Gasteiger partial charge in [0.05, 0.1) is 6.61 Å². The number of ether oxygens (including phenoxy) is 1. The summed E-state index contributed by atoms with van der Waals surface area (Å²) < 4.78 is 4.40. The largest absolute Gasteiger partial charge is 0.480 e. The second kappa shape index (κ2) is 20.9. The second-order valence-corrected chi connectivity index (χ2v) is 12.1. The van der Waals surface area contributed by atoms with E-state index in [1.165, 1.54) is 120 Å². The molecule has 0 radical (unpaired) electrons. The smallest absolute Gasteiger partial charge is 0.322 e. The summed E-state index contributed by atoms with van der Waals surface area (Å²) in [5.41, 5.74) is 2.85. The van der Waals surface area contributed by atoms with Crippen LogP contribution in [0.25, 0.3) is 0 Å². The van der Waals surface area contributed by atoms with E-state index in [-0.39, 0.29) is 5.97 Å². The zero-order chi connectivity index (χ0) is 28.9. The minimum Gasteiger partial charge on any atom is -0.480 e. The molecule has 3 aliphatic rings. The molecule has 0 aromatic rings. The topological polar surface area (TPSA) is 63.6 Å². The standard InChI is InChI=1S/C32H52O2.C4H8O2/c33-31(34)32(28-22-16-10-4-1-5-11-17-23-28,29-24-18-12-6-2-7-13-19-25-29)30-26-20-14-8-3-9-15-21-27-30;1-3-6-4(2)5/h22,24,26H,1-21,23,25,27H2,(H,33,34);3H2,1-2H3. The van der Waals surface area contributed by atoms with Crippen molar-refractivity contribution in [2.45, 2.75) is 168 Å². The molecule has 0 atom stereocenters. The van der Waals surface area contributed by atoms with Crippen LogP contribution in [-0.2, 0) is 14.3 Å². The van der Waals surface area contributed by atoms with Crippen LogP contribution in [0.15, 0.2) is 34.9 Å². The molecule has 4 nitrogen and oxygen atoms in total. The predicted molar refractivity (Wildman–Crippen MR) is 167 cm³/mol. The van der Waals surface area contributed by atoms with E-state index in [2.05, 4.69) is 23.0 Å². The van der Waals surface area contributed by atoms with Gasteiger partial charge in [-0.3, -0.25) is 9.59 Å². The molecule has 0 aromatic carbocycles. The van der Waals surface area contributed by atoms with Crippen molar-refractivity contribution in [3.63, 3.8) is 0 Å². The number of hydrogen-bond acceptors (Lipinski definition) is 3. The molecule has 0 saturated heterocycles. The lowest BCUT2D eigenvalue weighted by molar-refractivity contribution is -0.143. The van der Waals surface area contributed by atoms with Gasteiger partial charge in [0, 0.05) is 6.92 Å². The third kappa shape index (κ3) is 12.0. The Morgan fingerprint density at radius 1 is 0.600 bits per heavy atom. The van der Waals surface area contributed by atoms with E-state index < -0.39 is 11.4 Å². The predicted octanol–water partition coefficient (Wildman–Crippen LogP) is 10.8. The van der Waals surface area contributed by atoms with Crippen molar-refractivity contribution < 1.29 is 19.4 Å². The number of allylic oxidation sites excluding steroid dienone is 3. The second-order valence-electron chi connectivity index (χ2n) is 12.1. The maximum absolute atomic E-state index is 13.7. The molecular formula is C36H60O4. The fourth-order valence-electron chi connectivity index (χ4n) is 6.89. The molecule has 228 valence electrons. The number of carboxylic acids is 1. The highest BCUT2D eigenvalue weighted by molar-refractivity contribution is 5.87. The van der Waals surface area contributed by atoms with Gasteiger partial charge in [-0.05, 0) is 101 Å². The Hall–Kier alpha value is -1.84. The zero-order valence-electron chi connectivity index (χ0n) is 26.1. The monoisotopic (exact) mass is 556 g/mol. The molecule has 0 heterocycles. The van der Waals surface area contributed by atoms with Crippen molar-refractivity contribution in [2.75, 3.05) is 6.61 Å². The van der Waals surface area contributed by atoms with Gasteiger partial charge in [-0.25, -0.2) is 0 Å². The summed E-state index contributed by atoms with van der Waals surface area (Å²) in [6.07, 6.45) is 35.8. The Labute approximate surface area is 246 Å². The molecule has 0 unspecified atom stereocenters. The molecule has 3 rings (SSSR count). The van der Waals surface area contributed by atoms with E-state index in [0.717, 1.165) is 57.8 Å². The van der Waals surface area contributed by atoms with Gasteiger partial charge in [0.2, 0.25) is 0 Å². The summed E-state index contributed by atoms with van der Waals surface area (Å²) >= 11 is 0. The molecule has 40 heavy (non-hydrogen) atoms. The van der Waals surface area contributed by atoms with E-state index >= 15 is 0 Å². The normalized spacial score (nSPS) is 22.4. The summed E-state index contributed by atoms with van der Waals surface area (Å²) in [5, 5.41) is 11.2. The number of carboxylic acid groups (broad SMARTS) is 1. The van der Waals surface area contributed by atoms with E-state index in [1.807, 2.05) is 0 Å². The summed E-state index contributed by atoms with van der Waals surface area (Å²) in [7, 11) is 0. The first-order valence-corrected chi connectivity index (χ1v) is 17.0. The lowest BCUT2D eigenvalue weighted by Crippen LogP contribution is -2.38. The van der Waals surface area contributed by atoms with Gasteiger partial charge in [0.25, 0.3) is 0 Å². The highest BCUT2D eigenvalue weighted by atomic mass is 16.5. The van der Waals surface area contributed by atoms with E-state index in [4.69, 9.17) is 0 Å². The Kier molecular flexibility index (Phi) is 18.0. The van der Waals surface area contributed by atoms with E-state index in [0.29, 0.717) is 6.61 Å². The fraction of sp³-hybridized carbons (Fsp3) is 0.778. The fourth-order valence-corrected chi connectivity index (χ4v) is 6.89. The number of carbonyl (C=O) groups is 2. The average Bonchev–Trinajstić information content (AvgIpc) is 2.95. The molecule has 0 spiro atoms. The third-order valence-electron chi connectivity index (χ3n) is 8.99. The summed E-state index contributed by atoms with van der Waals surface area (Å²) in [6.45, 7) is 3.65. The SMILES string of the molecule is CCOC(C)=O.O=C(O)C(C1=CCCCCCCCC1)(C1=CCCCCCCCC1)C1=CCCCCCCCC1. The van der Waals surface area contributed by atoms with Crippen LogP contribution in [0.5, 0.6) is 0 Å². The van der Waals surface area contributed by atoms with Crippen molar-refractivity contribution in [2.24, 2.45) is 5.41 Å². The Morgan fingerprint density at radius 3 is 1.15 bits per heavy atom. The van der Waals surface area contributed by atoms with Gasteiger partial charge in [0.1, 0.15) is 5.41 Å². The molecule has 0 aromatic heterocycles. The molecule has 0 aliphatic heterocycles. The Morgan fingerprint density at radius 2 is 0.900 bits per heavy atom. The molecular weight excluding hydrogens is 496 g/mol. The summed E-state index contributed by atoms with van der Waals surface area (Å²) in [6, 6.07) is 0. The number of carbonyl (C=O) groups excluding carboxylic acids is 1. The minimum absolute atomic E-state index is 0.211. The van der Waals surface area contributed by atoms with E-state index in [1.54, 1.807) is 6.92 Å².